The Kier molecular flexibility index (Phi) is 5.20. The van der Waals surface area contributed by atoms with E-state index in [0.29, 0.717) is 5.92 Å². The second kappa shape index (κ2) is 6.90. The molecule has 0 unspecified atom stereocenters. The zero-order chi connectivity index (χ0) is 13.7. The minimum absolute atomic E-state index is 0.687. The van der Waals surface area contributed by atoms with Crippen molar-refractivity contribution in [3.05, 3.63) is 23.9 Å². The van der Waals surface area contributed by atoms with Gasteiger partial charge >= 0.3 is 0 Å². The minimum Gasteiger partial charge on any atom is -0.357 e. The Bertz CT molecular complexity index is 381. The number of piperidine rings is 1. The summed E-state index contributed by atoms with van der Waals surface area (Å²) in [4.78, 5) is 7.20. The molecule has 1 aliphatic heterocycles. The van der Waals surface area contributed by atoms with Gasteiger partial charge < -0.3 is 10.2 Å². The number of aromatic nitrogens is 1. The highest BCUT2D eigenvalue weighted by Gasteiger charge is 2.16. The lowest BCUT2D eigenvalue weighted by Crippen LogP contribution is -2.33. The van der Waals surface area contributed by atoms with Crippen LogP contribution in [0.1, 0.15) is 39.3 Å². The molecular weight excluding hydrogens is 234 g/mol. The van der Waals surface area contributed by atoms with Crippen LogP contribution < -0.4 is 10.2 Å². The summed E-state index contributed by atoms with van der Waals surface area (Å²) in [7, 11) is 0. The Morgan fingerprint density at radius 1 is 1.32 bits per heavy atom. The number of nitrogens with zero attached hydrogens (tertiary/aromatic N) is 2. The summed E-state index contributed by atoms with van der Waals surface area (Å²) >= 11 is 0. The highest BCUT2D eigenvalue weighted by atomic mass is 15.2. The first-order valence-corrected chi connectivity index (χ1v) is 7.56. The number of anilines is 1. The Labute approximate surface area is 117 Å². The van der Waals surface area contributed by atoms with Gasteiger partial charge in [-0.15, -0.1) is 0 Å². The second-order valence-electron chi connectivity index (χ2n) is 6.18. The van der Waals surface area contributed by atoms with E-state index in [2.05, 4.69) is 49.2 Å². The van der Waals surface area contributed by atoms with Crippen LogP contribution in [0.15, 0.2) is 18.2 Å². The molecule has 0 spiro atoms. The average Bonchev–Trinajstić information content (AvgIpc) is 2.39. The predicted octanol–water partition coefficient (Wildman–Crippen LogP) is 3.06. The van der Waals surface area contributed by atoms with Crippen molar-refractivity contribution in [1.29, 1.82) is 0 Å². The highest BCUT2D eigenvalue weighted by molar-refractivity contribution is 5.39. The zero-order valence-electron chi connectivity index (χ0n) is 12.5. The molecule has 19 heavy (non-hydrogen) atoms. The number of nitrogens with one attached hydrogen (secondary N) is 1. The Morgan fingerprint density at radius 2 is 2.05 bits per heavy atom. The molecule has 0 radical (unpaired) electrons. The van der Waals surface area contributed by atoms with Crippen LogP contribution in [0.25, 0.3) is 0 Å². The van der Waals surface area contributed by atoms with Crippen LogP contribution in [0.2, 0.25) is 0 Å². The molecule has 0 amide bonds. The molecule has 1 aromatic rings. The molecule has 1 saturated heterocycles. The molecule has 2 heterocycles. The van der Waals surface area contributed by atoms with Gasteiger partial charge in [-0.2, -0.15) is 0 Å². The molecule has 2 rings (SSSR count). The van der Waals surface area contributed by atoms with E-state index in [1.54, 1.807) is 0 Å². The quantitative estimate of drug-likeness (QED) is 0.883. The third-order valence-corrected chi connectivity index (χ3v) is 3.76. The molecule has 1 aliphatic rings. The molecule has 0 bridgehead atoms. The largest absolute Gasteiger partial charge is 0.357 e. The maximum atomic E-state index is 4.78. The van der Waals surface area contributed by atoms with E-state index in [-0.39, 0.29) is 0 Å². The molecule has 1 aromatic heterocycles. The monoisotopic (exact) mass is 261 g/mol. The normalized spacial score (nSPS) is 17.2. The van der Waals surface area contributed by atoms with Gasteiger partial charge in [0.2, 0.25) is 0 Å². The topological polar surface area (TPSA) is 28.2 Å². The van der Waals surface area contributed by atoms with Gasteiger partial charge in [0.25, 0.3) is 0 Å². The fraction of sp³-hybridized carbons (Fsp3) is 0.688. The maximum absolute atomic E-state index is 4.78. The standard InChI is InChI=1S/C16H27N3/c1-13(2)11-17-12-15-5-4-6-16(18-15)19-9-7-14(3)8-10-19/h4-6,13-14,17H,7-12H2,1-3H3. The highest BCUT2D eigenvalue weighted by Crippen LogP contribution is 2.21. The van der Waals surface area contributed by atoms with Crippen molar-refractivity contribution in [2.75, 3.05) is 24.5 Å². The lowest BCUT2D eigenvalue weighted by Gasteiger charge is -2.31. The van der Waals surface area contributed by atoms with Crippen molar-refractivity contribution < 1.29 is 0 Å². The third-order valence-electron chi connectivity index (χ3n) is 3.76. The molecule has 0 aliphatic carbocycles. The van der Waals surface area contributed by atoms with E-state index in [4.69, 9.17) is 4.98 Å². The van der Waals surface area contributed by atoms with Gasteiger partial charge in [-0.25, -0.2) is 4.98 Å². The number of hydrogen-bond acceptors (Lipinski definition) is 3. The summed E-state index contributed by atoms with van der Waals surface area (Å²) < 4.78 is 0. The summed E-state index contributed by atoms with van der Waals surface area (Å²) in [5.41, 5.74) is 1.15. The van der Waals surface area contributed by atoms with E-state index in [0.717, 1.165) is 43.6 Å². The van der Waals surface area contributed by atoms with Crippen LogP contribution in [-0.2, 0) is 6.54 Å². The SMILES string of the molecule is CC(C)CNCc1cccc(N2CCC(C)CC2)n1. The van der Waals surface area contributed by atoms with E-state index in [9.17, 15) is 0 Å². The molecule has 3 nitrogen and oxygen atoms in total. The smallest absolute Gasteiger partial charge is 0.128 e. The van der Waals surface area contributed by atoms with E-state index < -0.39 is 0 Å². The lowest BCUT2D eigenvalue weighted by atomic mass is 9.99. The Hall–Kier alpha value is -1.09. The van der Waals surface area contributed by atoms with E-state index in [1.165, 1.54) is 12.8 Å². The Morgan fingerprint density at radius 3 is 2.74 bits per heavy atom. The van der Waals surface area contributed by atoms with Gasteiger partial charge in [-0.3, -0.25) is 0 Å². The maximum Gasteiger partial charge on any atom is 0.128 e. The molecule has 3 heteroatoms. The van der Waals surface area contributed by atoms with Crippen LogP contribution in [0.5, 0.6) is 0 Å². The predicted molar refractivity (Wildman–Crippen MR) is 81.4 cm³/mol. The molecule has 0 aromatic carbocycles. The zero-order valence-corrected chi connectivity index (χ0v) is 12.5. The van der Waals surface area contributed by atoms with E-state index >= 15 is 0 Å². The van der Waals surface area contributed by atoms with Crippen LogP contribution in [-0.4, -0.2) is 24.6 Å². The molecular formula is C16H27N3. The van der Waals surface area contributed by atoms with Gasteiger partial charge in [0.1, 0.15) is 5.82 Å². The average molecular weight is 261 g/mol. The van der Waals surface area contributed by atoms with Gasteiger partial charge in [0.05, 0.1) is 5.69 Å². The fourth-order valence-corrected chi connectivity index (χ4v) is 2.47. The van der Waals surface area contributed by atoms with E-state index in [1.807, 2.05) is 0 Å². The van der Waals surface area contributed by atoms with Crippen LogP contribution in [0, 0.1) is 11.8 Å². The summed E-state index contributed by atoms with van der Waals surface area (Å²) in [6.45, 7) is 11.0. The van der Waals surface area contributed by atoms with Gasteiger partial charge in [0.15, 0.2) is 0 Å². The van der Waals surface area contributed by atoms with Crippen molar-refractivity contribution in [1.82, 2.24) is 10.3 Å². The number of pyridine rings is 1. The van der Waals surface area contributed by atoms with Gasteiger partial charge in [-0.05, 0) is 43.4 Å². The minimum atomic E-state index is 0.687. The van der Waals surface area contributed by atoms with Crippen molar-refractivity contribution in [2.45, 2.75) is 40.2 Å². The number of hydrogen-bond donors (Lipinski definition) is 1. The first-order valence-electron chi connectivity index (χ1n) is 7.56. The first kappa shape index (κ1) is 14.3. The van der Waals surface area contributed by atoms with Crippen molar-refractivity contribution in [2.24, 2.45) is 11.8 Å². The summed E-state index contributed by atoms with van der Waals surface area (Å²) in [5, 5.41) is 3.46. The van der Waals surface area contributed by atoms with Crippen molar-refractivity contribution in [3.63, 3.8) is 0 Å². The Balaban J connectivity index is 1.91. The molecule has 106 valence electrons. The molecule has 1 N–H and O–H groups in total. The van der Waals surface area contributed by atoms with Crippen molar-refractivity contribution in [3.8, 4) is 0 Å². The number of rotatable bonds is 5. The molecule has 0 atom stereocenters. The van der Waals surface area contributed by atoms with Crippen LogP contribution in [0.3, 0.4) is 0 Å². The molecule has 1 fully saturated rings. The van der Waals surface area contributed by atoms with Crippen LogP contribution in [0.4, 0.5) is 5.82 Å². The summed E-state index contributed by atoms with van der Waals surface area (Å²) in [6.07, 6.45) is 2.58. The first-order chi connectivity index (χ1) is 9.15. The lowest BCUT2D eigenvalue weighted by molar-refractivity contribution is 0.436. The van der Waals surface area contributed by atoms with Gasteiger partial charge in [0, 0.05) is 19.6 Å². The van der Waals surface area contributed by atoms with Crippen LogP contribution >= 0.6 is 0 Å². The van der Waals surface area contributed by atoms with Crippen molar-refractivity contribution >= 4 is 5.82 Å². The van der Waals surface area contributed by atoms with Gasteiger partial charge in [-0.1, -0.05) is 26.8 Å². The summed E-state index contributed by atoms with van der Waals surface area (Å²) in [5.74, 6) is 2.70. The summed E-state index contributed by atoms with van der Waals surface area (Å²) in [6, 6.07) is 6.39. The molecule has 0 saturated carbocycles. The fourth-order valence-electron chi connectivity index (χ4n) is 2.47. The third kappa shape index (κ3) is 4.50. The second-order valence-corrected chi connectivity index (χ2v) is 6.18.